The van der Waals surface area contributed by atoms with Gasteiger partial charge in [0.05, 0.1) is 0 Å². The van der Waals surface area contributed by atoms with E-state index in [1.54, 1.807) is 4.90 Å². The Morgan fingerprint density at radius 2 is 2.09 bits per heavy atom. The maximum absolute atomic E-state index is 10.3. The molecule has 1 heterocycles. The Morgan fingerprint density at radius 3 is 2.45 bits per heavy atom. The van der Waals surface area contributed by atoms with E-state index in [1.807, 2.05) is 0 Å². The Balaban J connectivity index is 2.49. The second-order valence-corrected chi connectivity index (χ2v) is 2.82. The largest absolute Gasteiger partial charge is 0.377 e. The summed E-state index contributed by atoms with van der Waals surface area (Å²) in [5.74, 6) is 2.34. The smallest absolute Gasteiger partial charge is 0.209 e. The number of terminal acetylenes is 1. The minimum absolute atomic E-state index is 0.488. The third-order valence-corrected chi connectivity index (χ3v) is 2.04. The predicted octanol–water partition coefficient (Wildman–Crippen LogP) is -0.397. The van der Waals surface area contributed by atoms with Crippen molar-refractivity contribution in [3.05, 3.63) is 0 Å². The Morgan fingerprint density at radius 1 is 1.55 bits per heavy atom. The molecule has 11 heavy (non-hydrogen) atoms. The van der Waals surface area contributed by atoms with E-state index in [0.29, 0.717) is 25.9 Å². The summed E-state index contributed by atoms with van der Waals surface area (Å²) in [7, 11) is 0. The number of likely N-dealkylation sites (tertiary alicyclic amines) is 1. The van der Waals surface area contributed by atoms with Crippen molar-refractivity contribution in [2.24, 2.45) is 0 Å². The van der Waals surface area contributed by atoms with Crippen LogP contribution in [0.4, 0.5) is 0 Å². The third-order valence-electron chi connectivity index (χ3n) is 2.04. The van der Waals surface area contributed by atoms with Gasteiger partial charge in [-0.1, -0.05) is 5.92 Å². The van der Waals surface area contributed by atoms with Crippen LogP contribution in [0.25, 0.3) is 0 Å². The van der Waals surface area contributed by atoms with Crippen molar-refractivity contribution in [3.8, 4) is 12.3 Å². The highest BCUT2D eigenvalue weighted by Gasteiger charge is 2.29. The van der Waals surface area contributed by atoms with Crippen molar-refractivity contribution in [2.45, 2.75) is 18.4 Å². The Labute approximate surface area is 66.0 Å². The third kappa shape index (κ3) is 1.72. The van der Waals surface area contributed by atoms with Crippen LogP contribution in [-0.2, 0) is 4.79 Å². The number of rotatable bonds is 1. The van der Waals surface area contributed by atoms with Crippen molar-refractivity contribution in [2.75, 3.05) is 13.1 Å². The average molecular weight is 153 g/mol. The fraction of sp³-hybridized carbons (Fsp3) is 0.625. The quantitative estimate of drug-likeness (QED) is 0.411. The molecule has 1 aliphatic rings. The maximum atomic E-state index is 10.3. The summed E-state index contributed by atoms with van der Waals surface area (Å²) >= 11 is 0. The summed E-state index contributed by atoms with van der Waals surface area (Å²) in [5.41, 5.74) is -0.973. The first-order valence-corrected chi connectivity index (χ1v) is 3.60. The highest BCUT2D eigenvalue weighted by atomic mass is 16.3. The van der Waals surface area contributed by atoms with Crippen molar-refractivity contribution in [3.63, 3.8) is 0 Å². The van der Waals surface area contributed by atoms with Gasteiger partial charge in [-0.2, -0.15) is 0 Å². The second kappa shape index (κ2) is 2.93. The van der Waals surface area contributed by atoms with Crippen LogP contribution >= 0.6 is 0 Å². The van der Waals surface area contributed by atoms with Crippen LogP contribution in [0.2, 0.25) is 0 Å². The molecule has 0 radical (unpaired) electrons. The Bertz CT molecular complexity index is 187. The minimum Gasteiger partial charge on any atom is -0.377 e. The molecule has 0 aromatic carbocycles. The van der Waals surface area contributed by atoms with E-state index < -0.39 is 5.60 Å². The predicted molar refractivity (Wildman–Crippen MR) is 40.7 cm³/mol. The SMILES string of the molecule is C#CC1(O)CCN(C=O)CC1. The first-order chi connectivity index (χ1) is 5.20. The molecular weight excluding hydrogens is 142 g/mol. The number of carbonyl (C=O) groups is 1. The molecule has 0 aromatic heterocycles. The zero-order valence-corrected chi connectivity index (χ0v) is 6.29. The van der Waals surface area contributed by atoms with Gasteiger partial charge < -0.3 is 10.0 Å². The molecule has 0 aliphatic carbocycles. The van der Waals surface area contributed by atoms with E-state index >= 15 is 0 Å². The van der Waals surface area contributed by atoms with Gasteiger partial charge in [-0.15, -0.1) is 6.42 Å². The zero-order chi connectivity index (χ0) is 8.32. The van der Waals surface area contributed by atoms with Crippen molar-refractivity contribution in [1.82, 2.24) is 4.90 Å². The monoisotopic (exact) mass is 153 g/mol. The molecule has 1 saturated heterocycles. The number of carbonyl (C=O) groups excluding carboxylic acids is 1. The van der Waals surface area contributed by atoms with Crippen LogP contribution in [0.3, 0.4) is 0 Å². The number of aliphatic hydroxyl groups is 1. The minimum atomic E-state index is -0.973. The molecule has 1 amide bonds. The molecule has 1 fully saturated rings. The highest BCUT2D eigenvalue weighted by Crippen LogP contribution is 2.19. The lowest BCUT2D eigenvalue weighted by Crippen LogP contribution is -2.42. The fourth-order valence-electron chi connectivity index (χ4n) is 1.14. The van der Waals surface area contributed by atoms with Gasteiger partial charge in [0.2, 0.25) is 6.41 Å². The summed E-state index contributed by atoms with van der Waals surface area (Å²) in [6.45, 7) is 1.12. The van der Waals surface area contributed by atoms with Crippen molar-refractivity contribution < 1.29 is 9.90 Å². The van der Waals surface area contributed by atoms with E-state index in [1.165, 1.54) is 0 Å². The van der Waals surface area contributed by atoms with Crippen LogP contribution < -0.4 is 0 Å². The summed E-state index contributed by atoms with van der Waals surface area (Å²) in [5, 5.41) is 9.51. The number of nitrogens with zero attached hydrogens (tertiary/aromatic N) is 1. The maximum Gasteiger partial charge on any atom is 0.209 e. The Kier molecular flexibility index (Phi) is 2.16. The fourth-order valence-corrected chi connectivity index (χ4v) is 1.14. The number of hydrogen-bond acceptors (Lipinski definition) is 2. The molecule has 1 aliphatic heterocycles. The molecule has 1 N–H and O–H groups in total. The molecule has 60 valence electrons. The van der Waals surface area contributed by atoms with E-state index in [2.05, 4.69) is 5.92 Å². The van der Waals surface area contributed by atoms with Gasteiger partial charge in [0.1, 0.15) is 5.60 Å². The summed E-state index contributed by atoms with van der Waals surface area (Å²) in [6, 6.07) is 0. The summed E-state index contributed by atoms with van der Waals surface area (Å²) in [6.07, 6.45) is 6.88. The highest BCUT2D eigenvalue weighted by molar-refractivity contribution is 5.47. The molecule has 0 bridgehead atoms. The molecule has 1 rings (SSSR count). The van der Waals surface area contributed by atoms with E-state index in [-0.39, 0.29) is 0 Å². The topological polar surface area (TPSA) is 40.5 Å². The van der Waals surface area contributed by atoms with Crippen LogP contribution in [0, 0.1) is 12.3 Å². The van der Waals surface area contributed by atoms with Gasteiger partial charge in [0.25, 0.3) is 0 Å². The second-order valence-electron chi connectivity index (χ2n) is 2.82. The summed E-state index contributed by atoms with van der Waals surface area (Å²) in [4.78, 5) is 11.9. The number of amides is 1. The molecule has 0 unspecified atom stereocenters. The molecule has 0 atom stereocenters. The van der Waals surface area contributed by atoms with E-state index in [4.69, 9.17) is 6.42 Å². The van der Waals surface area contributed by atoms with Gasteiger partial charge in [-0.25, -0.2) is 0 Å². The molecule has 3 nitrogen and oxygen atoms in total. The van der Waals surface area contributed by atoms with Crippen LogP contribution in [0.15, 0.2) is 0 Å². The average Bonchev–Trinajstić information content (AvgIpc) is 2.06. The van der Waals surface area contributed by atoms with E-state index in [9.17, 15) is 9.90 Å². The van der Waals surface area contributed by atoms with Crippen LogP contribution in [-0.4, -0.2) is 35.1 Å². The van der Waals surface area contributed by atoms with Gasteiger partial charge >= 0.3 is 0 Å². The molecule has 3 heteroatoms. The van der Waals surface area contributed by atoms with Crippen LogP contribution in [0.1, 0.15) is 12.8 Å². The van der Waals surface area contributed by atoms with Gasteiger partial charge in [0.15, 0.2) is 0 Å². The van der Waals surface area contributed by atoms with E-state index in [0.717, 1.165) is 6.41 Å². The van der Waals surface area contributed by atoms with Crippen LogP contribution in [0.5, 0.6) is 0 Å². The number of piperidine rings is 1. The molecule has 0 aromatic rings. The van der Waals surface area contributed by atoms with Gasteiger partial charge in [0, 0.05) is 25.9 Å². The Hall–Kier alpha value is -1.01. The standard InChI is InChI=1S/C8H11NO2/c1-2-8(11)3-5-9(7-10)6-4-8/h1,7,11H,3-6H2. The van der Waals surface area contributed by atoms with Crippen molar-refractivity contribution >= 4 is 6.41 Å². The van der Waals surface area contributed by atoms with Gasteiger partial charge in [-0.3, -0.25) is 4.79 Å². The first-order valence-electron chi connectivity index (χ1n) is 3.60. The van der Waals surface area contributed by atoms with Gasteiger partial charge in [-0.05, 0) is 0 Å². The number of hydrogen-bond donors (Lipinski definition) is 1. The lowest BCUT2D eigenvalue weighted by atomic mass is 9.93. The summed E-state index contributed by atoms with van der Waals surface area (Å²) < 4.78 is 0. The zero-order valence-electron chi connectivity index (χ0n) is 6.29. The molecule has 0 saturated carbocycles. The normalized spacial score (nSPS) is 22.4. The first kappa shape index (κ1) is 8.09. The van der Waals surface area contributed by atoms with Crippen molar-refractivity contribution in [1.29, 1.82) is 0 Å². The molecule has 0 spiro atoms. The lowest BCUT2D eigenvalue weighted by molar-refractivity contribution is -0.120. The molecular formula is C8H11NO2. The lowest BCUT2D eigenvalue weighted by Gasteiger charge is -2.32.